The van der Waals surface area contributed by atoms with Gasteiger partial charge in [0.15, 0.2) is 0 Å². The van der Waals surface area contributed by atoms with Crippen molar-refractivity contribution >= 4 is 0 Å². The van der Waals surface area contributed by atoms with Gasteiger partial charge in [0.1, 0.15) is 11.6 Å². The van der Waals surface area contributed by atoms with E-state index < -0.39 is 6.04 Å². The standard InChI is InChI=1S/C18H20FNO/c1-21-16-11-5-10-15(19)17(16)18(20)14-9-3-2-8-13(14)12-6-4-7-12/h2-3,5,8-12,18H,4,6-7,20H2,1H3. The molecule has 1 aliphatic carbocycles. The topological polar surface area (TPSA) is 35.2 Å². The minimum atomic E-state index is -0.502. The monoisotopic (exact) mass is 285 g/mol. The summed E-state index contributed by atoms with van der Waals surface area (Å²) in [5.41, 5.74) is 9.08. The number of nitrogens with two attached hydrogens (primary N) is 1. The third-order valence-electron chi connectivity index (χ3n) is 4.42. The Kier molecular flexibility index (Phi) is 3.93. The van der Waals surface area contributed by atoms with Gasteiger partial charge in [0.2, 0.25) is 0 Å². The Morgan fingerprint density at radius 3 is 2.57 bits per heavy atom. The molecule has 1 fully saturated rings. The summed E-state index contributed by atoms with van der Waals surface area (Å²) in [4.78, 5) is 0. The molecule has 1 saturated carbocycles. The van der Waals surface area contributed by atoms with Crippen LogP contribution in [0.25, 0.3) is 0 Å². The molecule has 0 aliphatic heterocycles. The Labute approximate surface area is 124 Å². The van der Waals surface area contributed by atoms with Crippen LogP contribution < -0.4 is 10.5 Å². The number of rotatable bonds is 4. The molecule has 0 radical (unpaired) electrons. The van der Waals surface area contributed by atoms with Crippen LogP contribution in [0, 0.1) is 5.82 Å². The molecule has 3 heteroatoms. The zero-order valence-corrected chi connectivity index (χ0v) is 12.2. The number of methoxy groups -OCH3 is 1. The first-order valence-corrected chi connectivity index (χ1v) is 7.39. The van der Waals surface area contributed by atoms with Crippen molar-refractivity contribution in [3.63, 3.8) is 0 Å². The van der Waals surface area contributed by atoms with Crippen molar-refractivity contribution in [2.45, 2.75) is 31.2 Å². The van der Waals surface area contributed by atoms with Gasteiger partial charge < -0.3 is 10.5 Å². The fourth-order valence-electron chi connectivity index (χ4n) is 3.04. The van der Waals surface area contributed by atoms with E-state index in [1.54, 1.807) is 19.2 Å². The van der Waals surface area contributed by atoms with Crippen LogP contribution in [0.3, 0.4) is 0 Å². The maximum absolute atomic E-state index is 14.2. The van der Waals surface area contributed by atoms with Crippen LogP contribution in [-0.2, 0) is 0 Å². The smallest absolute Gasteiger partial charge is 0.132 e. The second-order valence-corrected chi connectivity index (χ2v) is 5.59. The Morgan fingerprint density at radius 2 is 1.90 bits per heavy atom. The van der Waals surface area contributed by atoms with Gasteiger partial charge in [0, 0.05) is 0 Å². The third-order valence-corrected chi connectivity index (χ3v) is 4.42. The Morgan fingerprint density at radius 1 is 1.14 bits per heavy atom. The summed E-state index contributed by atoms with van der Waals surface area (Å²) >= 11 is 0. The molecule has 2 N–H and O–H groups in total. The summed E-state index contributed by atoms with van der Waals surface area (Å²) in [6.07, 6.45) is 3.65. The lowest BCUT2D eigenvalue weighted by Crippen LogP contribution is -2.20. The predicted octanol–water partition coefficient (Wildman–Crippen LogP) is 4.15. The fourth-order valence-corrected chi connectivity index (χ4v) is 3.04. The highest BCUT2D eigenvalue weighted by Gasteiger charge is 2.26. The number of hydrogen-bond acceptors (Lipinski definition) is 2. The van der Waals surface area contributed by atoms with E-state index in [4.69, 9.17) is 10.5 Å². The van der Waals surface area contributed by atoms with Crippen LogP contribution in [0.15, 0.2) is 42.5 Å². The molecular formula is C18H20FNO. The van der Waals surface area contributed by atoms with E-state index in [0.717, 1.165) is 5.56 Å². The first kappa shape index (κ1) is 14.1. The highest BCUT2D eigenvalue weighted by Crippen LogP contribution is 2.41. The van der Waals surface area contributed by atoms with Gasteiger partial charge in [-0.05, 0) is 42.0 Å². The molecule has 0 aromatic heterocycles. The molecule has 1 atom stereocenters. The molecule has 0 saturated heterocycles. The van der Waals surface area contributed by atoms with Crippen molar-refractivity contribution in [2.75, 3.05) is 7.11 Å². The zero-order chi connectivity index (χ0) is 14.8. The van der Waals surface area contributed by atoms with Crippen molar-refractivity contribution in [3.8, 4) is 5.75 Å². The molecule has 0 amide bonds. The lowest BCUT2D eigenvalue weighted by molar-refractivity contribution is 0.399. The van der Waals surface area contributed by atoms with Gasteiger partial charge in [0.05, 0.1) is 18.7 Å². The summed E-state index contributed by atoms with van der Waals surface area (Å²) in [6.45, 7) is 0. The molecule has 0 heterocycles. The van der Waals surface area contributed by atoms with Gasteiger partial charge in [-0.3, -0.25) is 0 Å². The maximum Gasteiger partial charge on any atom is 0.132 e. The van der Waals surface area contributed by atoms with E-state index in [1.807, 2.05) is 18.2 Å². The lowest BCUT2D eigenvalue weighted by Gasteiger charge is -2.30. The number of ether oxygens (including phenoxy) is 1. The quantitative estimate of drug-likeness (QED) is 0.916. The molecule has 21 heavy (non-hydrogen) atoms. The minimum absolute atomic E-state index is 0.315. The number of halogens is 1. The van der Waals surface area contributed by atoms with Crippen LogP contribution >= 0.6 is 0 Å². The molecular weight excluding hydrogens is 265 g/mol. The highest BCUT2D eigenvalue weighted by molar-refractivity contribution is 5.45. The van der Waals surface area contributed by atoms with Gasteiger partial charge >= 0.3 is 0 Å². The molecule has 3 rings (SSSR count). The predicted molar refractivity (Wildman–Crippen MR) is 82.0 cm³/mol. The molecule has 110 valence electrons. The van der Waals surface area contributed by atoms with Crippen LogP contribution in [0.1, 0.15) is 47.9 Å². The SMILES string of the molecule is COc1cccc(F)c1C(N)c1ccccc1C1CCC1. The first-order chi connectivity index (χ1) is 10.2. The van der Waals surface area contributed by atoms with Crippen molar-refractivity contribution in [1.29, 1.82) is 0 Å². The molecule has 2 nitrogen and oxygen atoms in total. The van der Waals surface area contributed by atoms with Crippen molar-refractivity contribution < 1.29 is 9.13 Å². The molecule has 1 unspecified atom stereocenters. The number of benzene rings is 2. The van der Waals surface area contributed by atoms with Crippen molar-refractivity contribution in [2.24, 2.45) is 5.73 Å². The summed E-state index contributed by atoms with van der Waals surface area (Å²) in [5, 5.41) is 0. The summed E-state index contributed by atoms with van der Waals surface area (Å²) in [7, 11) is 1.54. The molecule has 0 bridgehead atoms. The summed E-state index contributed by atoms with van der Waals surface area (Å²) < 4.78 is 19.5. The third kappa shape index (κ3) is 2.54. The van der Waals surface area contributed by atoms with Gasteiger partial charge in [-0.15, -0.1) is 0 Å². The van der Waals surface area contributed by atoms with Crippen LogP contribution in [0.4, 0.5) is 4.39 Å². The minimum Gasteiger partial charge on any atom is -0.496 e. The largest absolute Gasteiger partial charge is 0.496 e. The van der Waals surface area contributed by atoms with E-state index in [0.29, 0.717) is 17.2 Å². The maximum atomic E-state index is 14.2. The van der Waals surface area contributed by atoms with Crippen LogP contribution in [0.2, 0.25) is 0 Å². The van der Waals surface area contributed by atoms with Crippen LogP contribution in [-0.4, -0.2) is 7.11 Å². The van der Waals surface area contributed by atoms with E-state index in [9.17, 15) is 4.39 Å². The molecule has 2 aromatic rings. The first-order valence-electron chi connectivity index (χ1n) is 7.39. The summed E-state index contributed by atoms with van der Waals surface area (Å²) in [6, 6.07) is 12.4. The zero-order valence-electron chi connectivity index (χ0n) is 12.2. The Hall–Kier alpha value is -1.87. The molecule has 2 aromatic carbocycles. The summed E-state index contributed by atoms with van der Waals surface area (Å²) in [5.74, 6) is 0.751. The molecule has 0 spiro atoms. The van der Waals surface area contributed by atoms with Gasteiger partial charge in [-0.2, -0.15) is 0 Å². The van der Waals surface area contributed by atoms with E-state index in [-0.39, 0.29) is 5.82 Å². The van der Waals surface area contributed by atoms with E-state index >= 15 is 0 Å². The van der Waals surface area contributed by atoms with Crippen molar-refractivity contribution in [1.82, 2.24) is 0 Å². The van der Waals surface area contributed by atoms with E-state index in [1.165, 1.54) is 30.9 Å². The van der Waals surface area contributed by atoms with Gasteiger partial charge in [-0.1, -0.05) is 36.8 Å². The highest BCUT2D eigenvalue weighted by atomic mass is 19.1. The van der Waals surface area contributed by atoms with Gasteiger partial charge in [0.25, 0.3) is 0 Å². The number of hydrogen-bond donors (Lipinski definition) is 1. The second kappa shape index (κ2) is 5.86. The van der Waals surface area contributed by atoms with Crippen molar-refractivity contribution in [3.05, 3.63) is 65.0 Å². The second-order valence-electron chi connectivity index (χ2n) is 5.59. The Balaban J connectivity index is 2.05. The van der Waals surface area contributed by atoms with Crippen LogP contribution in [0.5, 0.6) is 5.75 Å². The average Bonchev–Trinajstić information content (AvgIpc) is 2.45. The molecule has 1 aliphatic rings. The van der Waals surface area contributed by atoms with E-state index in [2.05, 4.69) is 6.07 Å². The Bertz CT molecular complexity index is 637. The normalized spacial score (nSPS) is 16.3. The average molecular weight is 285 g/mol. The lowest BCUT2D eigenvalue weighted by atomic mass is 9.76. The fraction of sp³-hybridized carbons (Fsp3) is 0.333. The van der Waals surface area contributed by atoms with Gasteiger partial charge in [-0.25, -0.2) is 4.39 Å².